The van der Waals surface area contributed by atoms with Crippen LogP contribution in [-0.4, -0.2) is 18.0 Å². The number of thioether (sulfide) groups is 1. The van der Waals surface area contributed by atoms with E-state index >= 15 is 0 Å². The van der Waals surface area contributed by atoms with Gasteiger partial charge in [-0.3, -0.25) is 10.3 Å². The van der Waals surface area contributed by atoms with E-state index in [4.69, 9.17) is 0 Å². The van der Waals surface area contributed by atoms with Crippen LogP contribution in [0.5, 0.6) is 0 Å². The van der Waals surface area contributed by atoms with Crippen LogP contribution in [0.25, 0.3) is 0 Å². The van der Waals surface area contributed by atoms with Crippen LogP contribution in [0.15, 0.2) is 17.3 Å². The Hall–Kier alpha value is -0.440. The van der Waals surface area contributed by atoms with Crippen LogP contribution in [0.3, 0.4) is 0 Å². The van der Waals surface area contributed by atoms with Crippen LogP contribution in [0.2, 0.25) is 0 Å². The van der Waals surface area contributed by atoms with E-state index < -0.39 is 0 Å². The molecule has 1 heterocycles. The average molecular weight is 127 g/mol. The van der Waals surface area contributed by atoms with Crippen molar-refractivity contribution in [1.82, 2.24) is 5.32 Å². The van der Waals surface area contributed by atoms with Crippen molar-refractivity contribution in [2.45, 2.75) is 5.50 Å². The van der Waals surface area contributed by atoms with Gasteiger partial charge in [0.25, 0.3) is 0 Å². The average Bonchev–Trinajstić information content (AvgIpc) is 1.90. The highest BCUT2D eigenvalue weighted by Crippen LogP contribution is 2.06. The highest BCUT2D eigenvalue weighted by Gasteiger charge is 2.01. The molecule has 8 heavy (non-hydrogen) atoms. The fraction of sp³-hybridized carbons (Fsp3) is 0.400. The van der Waals surface area contributed by atoms with Crippen LogP contribution in [0.1, 0.15) is 0 Å². The number of hydrogen-bond donors (Lipinski definition) is 0. The van der Waals surface area contributed by atoms with E-state index in [1.54, 1.807) is 24.2 Å². The highest BCUT2D eigenvalue weighted by molar-refractivity contribution is 7.99. The second-order valence-electron chi connectivity index (χ2n) is 1.35. The predicted octanol–water partition coefficient (Wildman–Crippen LogP) is 0.835. The monoisotopic (exact) mass is 127 g/mol. The van der Waals surface area contributed by atoms with Crippen molar-refractivity contribution in [1.29, 1.82) is 0 Å². The molecule has 0 aromatic heterocycles. The van der Waals surface area contributed by atoms with E-state index in [-0.39, 0.29) is 5.50 Å². The smallest absolute Gasteiger partial charge is 0.186 e. The summed E-state index contributed by atoms with van der Waals surface area (Å²) in [5, 5.41) is 4.03. The zero-order valence-corrected chi connectivity index (χ0v) is 5.43. The lowest BCUT2D eigenvalue weighted by Crippen LogP contribution is -2.12. The molecule has 1 unspecified atom stereocenters. The zero-order chi connectivity index (χ0) is 5.82. The third-order valence-corrected chi connectivity index (χ3v) is 1.48. The van der Waals surface area contributed by atoms with E-state index in [1.807, 2.05) is 12.3 Å². The second kappa shape index (κ2) is 2.77. The summed E-state index contributed by atoms with van der Waals surface area (Å²) >= 11 is 1.63. The summed E-state index contributed by atoms with van der Waals surface area (Å²) in [5.41, 5.74) is 0.111. The third-order valence-electron chi connectivity index (χ3n) is 0.810. The first-order valence-corrected chi connectivity index (χ1v) is 3.63. The van der Waals surface area contributed by atoms with Gasteiger partial charge in [-0.2, -0.15) is 0 Å². The maximum atomic E-state index is 4.03. The Labute approximate surface area is 53.1 Å². The topological polar surface area (TPSA) is 26.5 Å². The Morgan fingerprint density at radius 3 is 2.88 bits per heavy atom. The standard InChI is InChI=1S/C5H7N2S/c1-8-5-6-3-2-4-7-5/h2-5H,1H3. The van der Waals surface area contributed by atoms with Gasteiger partial charge in [0, 0.05) is 12.4 Å². The minimum atomic E-state index is 0.111. The number of allylic oxidation sites excluding steroid dienone is 1. The van der Waals surface area contributed by atoms with Gasteiger partial charge in [-0.1, -0.05) is 0 Å². The minimum absolute atomic E-state index is 0.111. The Morgan fingerprint density at radius 1 is 1.62 bits per heavy atom. The largest absolute Gasteiger partial charge is 0.256 e. The molecule has 2 nitrogen and oxygen atoms in total. The van der Waals surface area contributed by atoms with Crippen LogP contribution >= 0.6 is 11.8 Å². The van der Waals surface area contributed by atoms with Crippen LogP contribution in [-0.2, 0) is 0 Å². The van der Waals surface area contributed by atoms with E-state index in [1.165, 1.54) is 0 Å². The minimum Gasteiger partial charge on any atom is -0.256 e. The van der Waals surface area contributed by atoms with Crippen molar-refractivity contribution in [3.63, 3.8) is 0 Å². The van der Waals surface area contributed by atoms with Crippen LogP contribution < -0.4 is 5.32 Å². The van der Waals surface area contributed by atoms with E-state index in [9.17, 15) is 0 Å². The summed E-state index contributed by atoms with van der Waals surface area (Å²) < 4.78 is 0. The number of rotatable bonds is 1. The zero-order valence-electron chi connectivity index (χ0n) is 4.61. The van der Waals surface area contributed by atoms with E-state index in [2.05, 4.69) is 10.3 Å². The van der Waals surface area contributed by atoms with Gasteiger partial charge in [-0.05, 0) is 12.3 Å². The van der Waals surface area contributed by atoms with E-state index in [0.717, 1.165) is 0 Å². The first-order chi connectivity index (χ1) is 3.93. The number of nitrogens with zero attached hydrogens (tertiary/aromatic N) is 2. The van der Waals surface area contributed by atoms with Crippen LogP contribution in [0, 0.1) is 0 Å². The highest BCUT2D eigenvalue weighted by atomic mass is 32.2. The molecule has 3 heteroatoms. The van der Waals surface area contributed by atoms with Gasteiger partial charge in [-0.25, -0.2) is 0 Å². The van der Waals surface area contributed by atoms with E-state index in [0.29, 0.717) is 0 Å². The molecular formula is C5H7N2S. The SMILES string of the molecule is CSC1[N]C=CC=N1. The molecule has 0 fully saturated rings. The van der Waals surface area contributed by atoms with Gasteiger partial charge >= 0.3 is 0 Å². The molecule has 0 bridgehead atoms. The Balaban J connectivity index is 2.40. The van der Waals surface area contributed by atoms with Crippen LogP contribution in [0.4, 0.5) is 0 Å². The summed E-state index contributed by atoms with van der Waals surface area (Å²) in [6.07, 6.45) is 7.36. The number of hydrogen-bond acceptors (Lipinski definition) is 2. The van der Waals surface area contributed by atoms with Gasteiger partial charge < -0.3 is 0 Å². The lowest BCUT2D eigenvalue weighted by Gasteiger charge is -2.07. The van der Waals surface area contributed by atoms with Crippen molar-refractivity contribution in [2.24, 2.45) is 4.99 Å². The van der Waals surface area contributed by atoms with Crippen molar-refractivity contribution in [3.8, 4) is 0 Å². The van der Waals surface area contributed by atoms with Crippen molar-refractivity contribution < 1.29 is 0 Å². The summed E-state index contributed by atoms with van der Waals surface area (Å²) in [7, 11) is 0. The summed E-state index contributed by atoms with van der Waals surface area (Å²) in [4.78, 5) is 4.03. The molecule has 0 aromatic rings. The Kier molecular flexibility index (Phi) is 1.97. The summed E-state index contributed by atoms with van der Waals surface area (Å²) in [6, 6.07) is 0. The molecule has 0 spiro atoms. The van der Waals surface area contributed by atoms with Crippen molar-refractivity contribution >= 4 is 18.0 Å². The Morgan fingerprint density at radius 2 is 2.50 bits per heavy atom. The van der Waals surface area contributed by atoms with Crippen molar-refractivity contribution in [2.75, 3.05) is 6.26 Å². The maximum absolute atomic E-state index is 4.03. The van der Waals surface area contributed by atoms with Gasteiger partial charge in [0.05, 0.1) is 0 Å². The molecule has 1 aliphatic rings. The third kappa shape index (κ3) is 1.26. The molecule has 1 radical (unpaired) electrons. The molecule has 0 aliphatic carbocycles. The molecule has 0 saturated heterocycles. The van der Waals surface area contributed by atoms with Gasteiger partial charge in [0.2, 0.25) is 0 Å². The maximum Gasteiger partial charge on any atom is 0.186 e. The quantitative estimate of drug-likeness (QED) is 0.512. The number of aliphatic imine (C=N–C) groups is 1. The fourth-order valence-electron chi connectivity index (χ4n) is 0.445. The molecule has 0 N–H and O–H groups in total. The first-order valence-electron chi connectivity index (χ1n) is 2.34. The van der Waals surface area contributed by atoms with Gasteiger partial charge in [0.1, 0.15) is 0 Å². The lowest BCUT2D eigenvalue weighted by atomic mass is 10.6. The molecule has 1 aliphatic heterocycles. The summed E-state index contributed by atoms with van der Waals surface area (Å²) in [5.74, 6) is 0. The Bertz CT molecular complexity index is 120. The second-order valence-corrected chi connectivity index (χ2v) is 2.24. The molecular weight excluding hydrogens is 120 g/mol. The molecule has 43 valence electrons. The molecule has 0 saturated carbocycles. The van der Waals surface area contributed by atoms with Gasteiger partial charge in [0.15, 0.2) is 5.50 Å². The van der Waals surface area contributed by atoms with Gasteiger partial charge in [-0.15, -0.1) is 11.8 Å². The molecule has 0 amide bonds. The fourth-order valence-corrected chi connectivity index (χ4v) is 0.829. The predicted molar refractivity (Wildman–Crippen MR) is 37.1 cm³/mol. The molecule has 0 aromatic carbocycles. The lowest BCUT2D eigenvalue weighted by molar-refractivity contribution is 0.803. The normalized spacial score (nSPS) is 25.4. The summed E-state index contributed by atoms with van der Waals surface area (Å²) in [6.45, 7) is 0. The first kappa shape index (κ1) is 5.69. The molecule has 1 rings (SSSR count). The van der Waals surface area contributed by atoms with Crippen molar-refractivity contribution in [3.05, 3.63) is 12.3 Å². The molecule has 1 atom stereocenters.